The zero-order valence-electron chi connectivity index (χ0n) is 15.6. The van der Waals surface area contributed by atoms with Crippen molar-refractivity contribution in [3.05, 3.63) is 63.9 Å². The largest absolute Gasteiger partial charge is 0.420 e. The second-order valence-electron chi connectivity index (χ2n) is 7.36. The van der Waals surface area contributed by atoms with Crippen molar-refractivity contribution in [2.75, 3.05) is 13.1 Å². The summed E-state index contributed by atoms with van der Waals surface area (Å²) in [6.45, 7) is 1.13. The molecule has 8 heteroatoms. The molecule has 0 spiro atoms. The van der Waals surface area contributed by atoms with E-state index in [0.29, 0.717) is 35.0 Å². The average molecular weight is 411 g/mol. The molecular weight excluding hydrogens is 392 g/mol. The summed E-state index contributed by atoms with van der Waals surface area (Å²) in [6.07, 6.45) is 1.82. The first-order valence-electron chi connectivity index (χ1n) is 9.60. The van der Waals surface area contributed by atoms with Crippen LogP contribution in [0.3, 0.4) is 0 Å². The van der Waals surface area contributed by atoms with Crippen LogP contribution in [-0.2, 0) is 11.2 Å². The van der Waals surface area contributed by atoms with Gasteiger partial charge in [-0.05, 0) is 43.2 Å². The second kappa shape index (κ2) is 7.08. The summed E-state index contributed by atoms with van der Waals surface area (Å²) in [7, 11) is 0. The Morgan fingerprint density at radius 1 is 1.28 bits per heavy atom. The van der Waals surface area contributed by atoms with E-state index in [1.54, 1.807) is 27.7 Å². The summed E-state index contributed by atoms with van der Waals surface area (Å²) in [6, 6.07) is 12.7. The molecule has 7 nitrogen and oxygen atoms in total. The fraction of sp³-hybridized carbons (Fsp3) is 0.286. The van der Waals surface area contributed by atoms with E-state index in [4.69, 9.17) is 16.0 Å². The standard InChI is InChI=1S/C21H19ClN4O3/c22-13-7-8-18-17(10-13)26(21(28)29-18)14-4-3-9-25(12-14)20(27)11-19-23-15-5-1-2-6-16(15)24-19/h1-2,5-8,10,14H,3-4,9,11-12H2,(H,23,24)/t14-/m0/s1. The number of halogens is 1. The van der Waals surface area contributed by atoms with Crippen LogP contribution in [0, 0.1) is 0 Å². The number of carbonyl (C=O) groups excluding carboxylic acids is 1. The Morgan fingerprint density at radius 2 is 2.14 bits per heavy atom. The summed E-state index contributed by atoms with van der Waals surface area (Å²) in [4.78, 5) is 34.8. The van der Waals surface area contributed by atoms with Gasteiger partial charge in [0, 0.05) is 18.1 Å². The van der Waals surface area contributed by atoms with E-state index in [9.17, 15) is 9.59 Å². The van der Waals surface area contributed by atoms with Gasteiger partial charge in [-0.3, -0.25) is 9.36 Å². The molecule has 5 rings (SSSR count). The Morgan fingerprint density at radius 3 is 3.00 bits per heavy atom. The lowest BCUT2D eigenvalue weighted by molar-refractivity contribution is -0.132. The number of imidazole rings is 1. The first-order chi connectivity index (χ1) is 14.1. The third kappa shape index (κ3) is 3.31. The Hall–Kier alpha value is -3.06. The lowest BCUT2D eigenvalue weighted by Crippen LogP contribution is -2.43. The maximum atomic E-state index is 12.9. The molecule has 0 saturated carbocycles. The van der Waals surface area contributed by atoms with Gasteiger partial charge in [0.05, 0.1) is 29.0 Å². The van der Waals surface area contributed by atoms with E-state index >= 15 is 0 Å². The van der Waals surface area contributed by atoms with Crippen molar-refractivity contribution in [3.8, 4) is 0 Å². The van der Waals surface area contributed by atoms with Crippen LogP contribution in [0.2, 0.25) is 5.02 Å². The van der Waals surface area contributed by atoms with Gasteiger partial charge >= 0.3 is 5.76 Å². The van der Waals surface area contributed by atoms with E-state index in [2.05, 4.69) is 9.97 Å². The van der Waals surface area contributed by atoms with Gasteiger partial charge in [0.15, 0.2) is 5.58 Å². The summed E-state index contributed by atoms with van der Waals surface area (Å²) >= 11 is 6.11. The number of nitrogens with one attached hydrogen (secondary N) is 1. The van der Waals surface area contributed by atoms with E-state index in [1.807, 2.05) is 24.3 Å². The molecule has 3 heterocycles. The molecule has 1 aliphatic heterocycles. The first kappa shape index (κ1) is 18.0. The summed E-state index contributed by atoms with van der Waals surface area (Å²) in [5.74, 6) is 0.225. The SMILES string of the molecule is O=C(Cc1nc2ccccc2[nH]1)N1CCC[C@H](n2c(=O)oc3ccc(Cl)cc32)C1. The van der Waals surface area contributed by atoms with Crippen molar-refractivity contribution >= 4 is 39.6 Å². The van der Waals surface area contributed by atoms with Crippen LogP contribution in [0.1, 0.15) is 24.7 Å². The maximum absolute atomic E-state index is 12.9. The number of rotatable bonds is 3. The highest BCUT2D eigenvalue weighted by Crippen LogP contribution is 2.27. The number of hydrogen-bond acceptors (Lipinski definition) is 4. The number of piperidine rings is 1. The third-order valence-corrected chi connectivity index (χ3v) is 5.68. The molecule has 2 aromatic heterocycles. The zero-order chi connectivity index (χ0) is 20.0. The number of hydrogen-bond donors (Lipinski definition) is 1. The van der Waals surface area contributed by atoms with Gasteiger partial charge in [-0.2, -0.15) is 0 Å². The number of aromatic amines is 1. The van der Waals surface area contributed by atoms with E-state index < -0.39 is 5.76 Å². The molecular formula is C21H19ClN4O3. The van der Waals surface area contributed by atoms with Crippen LogP contribution >= 0.6 is 11.6 Å². The van der Waals surface area contributed by atoms with Gasteiger partial charge in [0.1, 0.15) is 5.82 Å². The molecule has 1 fully saturated rings. The smallest absolute Gasteiger partial charge is 0.408 e. The van der Waals surface area contributed by atoms with E-state index in [0.717, 1.165) is 23.9 Å². The lowest BCUT2D eigenvalue weighted by Gasteiger charge is -2.33. The van der Waals surface area contributed by atoms with Crippen molar-refractivity contribution in [2.24, 2.45) is 0 Å². The van der Waals surface area contributed by atoms with Crippen molar-refractivity contribution in [3.63, 3.8) is 0 Å². The minimum Gasteiger partial charge on any atom is -0.408 e. The predicted octanol–water partition coefficient (Wildman–Crippen LogP) is 3.53. The van der Waals surface area contributed by atoms with Gasteiger partial charge in [0.2, 0.25) is 5.91 Å². The minimum absolute atomic E-state index is 0.00682. The number of fused-ring (bicyclic) bond motifs is 2. The number of benzene rings is 2. The summed E-state index contributed by atoms with van der Waals surface area (Å²) < 4.78 is 6.99. The van der Waals surface area contributed by atoms with Gasteiger partial charge in [-0.25, -0.2) is 9.78 Å². The number of H-pyrrole nitrogens is 1. The summed E-state index contributed by atoms with van der Waals surface area (Å²) in [5, 5.41) is 0.542. The average Bonchev–Trinajstić information content (AvgIpc) is 3.27. The highest BCUT2D eigenvalue weighted by Gasteiger charge is 2.28. The molecule has 2 aromatic carbocycles. The number of likely N-dealkylation sites (tertiary alicyclic amines) is 1. The van der Waals surface area contributed by atoms with Gasteiger partial charge in [-0.15, -0.1) is 0 Å². The summed E-state index contributed by atoms with van der Waals surface area (Å²) in [5.41, 5.74) is 2.93. The highest BCUT2D eigenvalue weighted by molar-refractivity contribution is 6.31. The molecule has 148 valence electrons. The van der Waals surface area contributed by atoms with Crippen LogP contribution < -0.4 is 5.76 Å². The Balaban J connectivity index is 1.38. The Bertz CT molecular complexity index is 1240. The van der Waals surface area contributed by atoms with Crippen LogP contribution in [-0.4, -0.2) is 38.4 Å². The number of nitrogens with zero attached hydrogens (tertiary/aromatic N) is 3. The number of carbonyl (C=O) groups is 1. The van der Waals surface area contributed by atoms with Crippen LogP contribution in [0.15, 0.2) is 51.7 Å². The monoisotopic (exact) mass is 410 g/mol. The minimum atomic E-state index is -0.418. The van der Waals surface area contributed by atoms with Crippen molar-refractivity contribution in [2.45, 2.75) is 25.3 Å². The fourth-order valence-corrected chi connectivity index (χ4v) is 4.26. The molecule has 1 aliphatic rings. The van der Waals surface area contributed by atoms with Gasteiger partial charge < -0.3 is 14.3 Å². The van der Waals surface area contributed by atoms with E-state index in [1.165, 1.54) is 0 Å². The molecule has 0 radical (unpaired) electrons. The Kier molecular flexibility index (Phi) is 4.39. The van der Waals surface area contributed by atoms with E-state index in [-0.39, 0.29) is 18.4 Å². The highest BCUT2D eigenvalue weighted by atomic mass is 35.5. The third-order valence-electron chi connectivity index (χ3n) is 5.45. The molecule has 1 atom stereocenters. The van der Waals surface area contributed by atoms with Crippen LogP contribution in [0.4, 0.5) is 0 Å². The van der Waals surface area contributed by atoms with Crippen molar-refractivity contribution in [1.82, 2.24) is 19.4 Å². The normalized spacial score (nSPS) is 17.3. The number of oxazole rings is 1. The van der Waals surface area contributed by atoms with Crippen LogP contribution in [0.5, 0.6) is 0 Å². The number of amides is 1. The quantitative estimate of drug-likeness (QED) is 0.560. The molecule has 1 amide bonds. The topological polar surface area (TPSA) is 84.1 Å². The first-order valence-corrected chi connectivity index (χ1v) is 9.98. The molecule has 0 bridgehead atoms. The molecule has 29 heavy (non-hydrogen) atoms. The molecule has 0 unspecified atom stereocenters. The van der Waals surface area contributed by atoms with Gasteiger partial charge in [-0.1, -0.05) is 23.7 Å². The number of para-hydroxylation sites is 2. The molecule has 1 saturated heterocycles. The van der Waals surface area contributed by atoms with Crippen molar-refractivity contribution in [1.29, 1.82) is 0 Å². The number of aromatic nitrogens is 3. The zero-order valence-corrected chi connectivity index (χ0v) is 16.4. The lowest BCUT2D eigenvalue weighted by atomic mass is 10.0. The fourth-order valence-electron chi connectivity index (χ4n) is 4.09. The molecule has 1 N–H and O–H groups in total. The second-order valence-corrected chi connectivity index (χ2v) is 7.80. The predicted molar refractivity (Wildman–Crippen MR) is 110 cm³/mol. The molecule has 0 aliphatic carbocycles. The van der Waals surface area contributed by atoms with Crippen molar-refractivity contribution < 1.29 is 9.21 Å². The Labute approximate surface area is 170 Å². The maximum Gasteiger partial charge on any atom is 0.420 e. The molecule has 4 aromatic rings. The van der Waals surface area contributed by atoms with Crippen LogP contribution in [0.25, 0.3) is 22.1 Å². The van der Waals surface area contributed by atoms with Gasteiger partial charge in [0.25, 0.3) is 0 Å².